The molecule has 0 aliphatic heterocycles. The van der Waals surface area contributed by atoms with Crippen molar-refractivity contribution < 1.29 is 20.1 Å². The van der Waals surface area contributed by atoms with E-state index in [1.807, 2.05) is 18.6 Å². The number of hydrogen-bond acceptors (Lipinski definition) is 3. The van der Waals surface area contributed by atoms with Crippen molar-refractivity contribution >= 4 is 0 Å². The van der Waals surface area contributed by atoms with Gasteiger partial charge in [-0.15, -0.1) is 82.4 Å². The van der Waals surface area contributed by atoms with Gasteiger partial charge in [0.05, 0.1) is 0 Å². The summed E-state index contributed by atoms with van der Waals surface area (Å²) in [5.41, 5.74) is 28.2. The summed E-state index contributed by atoms with van der Waals surface area (Å²) in [6.07, 6.45) is 9.14. The zero-order valence-electron chi connectivity index (χ0n) is 45.2. The first kappa shape index (κ1) is 53.1. The number of pyridine rings is 3. The van der Waals surface area contributed by atoms with Gasteiger partial charge in [-0.1, -0.05) is 235 Å². The molecule has 3 heterocycles. The van der Waals surface area contributed by atoms with Crippen molar-refractivity contribution in [2.24, 2.45) is 0 Å². The molecule has 0 bridgehead atoms. The van der Waals surface area contributed by atoms with E-state index in [2.05, 4.69) is 269 Å². The molecule has 386 valence electrons. The first-order valence-electron chi connectivity index (χ1n) is 27.3. The Balaban J connectivity index is 0.00000675. The third kappa shape index (κ3) is 12.0. The number of rotatable bonds is 15. The minimum absolute atomic E-state index is 0. The average Bonchev–Trinajstić information content (AvgIpc) is 3.62. The first-order chi connectivity index (χ1) is 38.8. The van der Waals surface area contributed by atoms with E-state index < -0.39 is 0 Å². The summed E-state index contributed by atoms with van der Waals surface area (Å²) < 4.78 is 0. The molecule has 0 N–H and O–H groups in total. The predicted molar refractivity (Wildman–Crippen MR) is 327 cm³/mol. The van der Waals surface area contributed by atoms with Crippen molar-refractivity contribution in [3.05, 3.63) is 306 Å². The third-order valence-electron chi connectivity index (χ3n) is 15.0. The molecule has 0 spiro atoms. The van der Waals surface area contributed by atoms with E-state index in [0.717, 1.165) is 98.4 Å². The molecule has 0 aliphatic carbocycles. The summed E-state index contributed by atoms with van der Waals surface area (Å²) in [5, 5.41) is 0. The van der Waals surface area contributed by atoms with Gasteiger partial charge < -0.3 is 15.0 Å². The maximum atomic E-state index is 4.85. The van der Waals surface area contributed by atoms with E-state index in [4.69, 9.17) is 15.0 Å². The third-order valence-corrected chi connectivity index (χ3v) is 15.0. The zero-order chi connectivity index (χ0) is 53.5. The fourth-order valence-corrected chi connectivity index (χ4v) is 10.7. The molecule has 12 aromatic rings. The van der Waals surface area contributed by atoms with Gasteiger partial charge in [0, 0.05) is 18.6 Å². The van der Waals surface area contributed by atoms with Gasteiger partial charge in [0.25, 0.3) is 0 Å². The fraction of sp³-hybridized carbons (Fsp3) is 0.0921. The smallest absolute Gasteiger partial charge is 0.304 e. The number of benzene rings is 9. The van der Waals surface area contributed by atoms with Gasteiger partial charge in [-0.2, -0.15) is 0 Å². The molecule has 4 heteroatoms. The second kappa shape index (κ2) is 24.4. The largest absolute Gasteiger partial charge is 3.00 e. The Kier molecular flexibility index (Phi) is 16.2. The molecule has 3 aromatic heterocycles. The van der Waals surface area contributed by atoms with Gasteiger partial charge in [-0.05, 0) is 117 Å². The van der Waals surface area contributed by atoms with E-state index in [-0.39, 0.29) is 20.1 Å². The average molecular weight is 1210 g/mol. The van der Waals surface area contributed by atoms with Crippen LogP contribution in [-0.2, 0) is 45.8 Å². The summed E-state index contributed by atoms with van der Waals surface area (Å²) >= 11 is 0. The van der Waals surface area contributed by atoms with Crippen molar-refractivity contribution in [1.29, 1.82) is 0 Å². The summed E-state index contributed by atoms with van der Waals surface area (Å²) in [6.45, 7) is 6.22. The molecule has 0 aliphatic rings. The van der Waals surface area contributed by atoms with Crippen molar-refractivity contribution in [3.8, 4) is 101 Å². The van der Waals surface area contributed by atoms with Gasteiger partial charge >= 0.3 is 20.1 Å². The molecule has 0 unspecified atom stereocenters. The Hall–Kier alpha value is -8.92. The summed E-state index contributed by atoms with van der Waals surface area (Å²) in [4.78, 5) is 14.4. The van der Waals surface area contributed by atoms with Crippen LogP contribution >= 0.6 is 0 Å². The van der Waals surface area contributed by atoms with E-state index in [1.165, 1.54) is 66.8 Å². The van der Waals surface area contributed by atoms with Crippen molar-refractivity contribution in [2.75, 3.05) is 0 Å². The summed E-state index contributed by atoms with van der Waals surface area (Å²) in [7, 11) is 0. The van der Waals surface area contributed by atoms with Crippen LogP contribution in [0.15, 0.2) is 249 Å². The second-order valence-corrected chi connectivity index (χ2v) is 20.7. The number of nitrogens with zero attached hydrogens (tertiary/aromatic N) is 3. The first-order valence-corrected chi connectivity index (χ1v) is 27.3. The molecule has 0 radical (unpaired) electrons. The van der Waals surface area contributed by atoms with E-state index in [1.54, 1.807) is 0 Å². The molecule has 12 rings (SSSR count). The predicted octanol–water partition coefficient (Wildman–Crippen LogP) is 18.8. The molecular weight excluding hydrogens is 1150 g/mol. The summed E-state index contributed by atoms with van der Waals surface area (Å²) in [6, 6.07) is 94.2. The van der Waals surface area contributed by atoms with Crippen molar-refractivity contribution in [2.45, 2.75) is 46.5 Å². The van der Waals surface area contributed by atoms with E-state index in [9.17, 15) is 0 Å². The second-order valence-electron chi connectivity index (χ2n) is 20.7. The number of aryl methyl sites for hydroxylation is 7. The van der Waals surface area contributed by atoms with Gasteiger partial charge in [0.2, 0.25) is 0 Å². The van der Waals surface area contributed by atoms with Crippen LogP contribution in [-0.4, -0.2) is 15.0 Å². The normalized spacial score (nSPS) is 11.0. The monoisotopic (exact) mass is 1210 g/mol. The maximum Gasteiger partial charge on any atom is 3.00 e. The van der Waals surface area contributed by atoms with E-state index >= 15 is 0 Å². The molecule has 3 nitrogen and oxygen atoms in total. The fourth-order valence-electron chi connectivity index (χ4n) is 10.7. The van der Waals surface area contributed by atoms with Crippen LogP contribution in [0.4, 0.5) is 0 Å². The van der Waals surface area contributed by atoms with Gasteiger partial charge in [0.1, 0.15) is 0 Å². The van der Waals surface area contributed by atoms with Crippen LogP contribution in [0, 0.1) is 39.0 Å². The van der Waals surface area contributed by atoms with Crippen LogP contribution < -0.4 is 0 Å². The molecule has 0 atom stereocenters. The molecule has 0 amide bonds. The molecule has 0 saturated carbocycles. The Morgan fingerprint density at radius 2 is 0.662 bits per heavy atom. The van der Waals surface area contributed by atoms with Crippen LogP contribution in [0.3, 0.4) is 0 Å². The minimum atomic E-state index is 0. The maximum absolute atomic E-state index is 4.85. The molecular formula is C76H58IrN3. The Morgan fingerprint density at radius 1 is 0.287 bits per heavy atom. The van der Waals surface area contributed by atoms with Gasteiger partial charge in [-0.25, -0.2) is 0 Å². The Morgan fingerprint density at radius 3 is 1.11 bits per heavy atom. The van der Waals surface area contributed by atoms with Crippen LogP contribution in [0.5, 0.6) is 0 Å². The van der Waals surface area contributed by atoms with Crippen molar-refractivity contribution in [1.82, 2.24) is 15.0 Å². The molecule has 0 saturated heterocycles. The quantitative estimate of drug-likeness (QED) is 0.0960. The van der Waals surface area contributed by atoms with Crippen LogP contribution in [0.2, 0.25) is 0 Å². The van der Waals surface area contributed by atoms with Crippen LogP contribution in [0.1, 0.15) is 38.9 Å². The van der Waals surface area contributed by atoms with Gasteiger partial charge in [0.15, 0.2) is 0 Å². The topological polar surface area (TPSA) is 38.7 Å². The van der Waals surface area contributed by atoms with Gasteiger partial charge in [-0.3, -0.25) is 0 Å². The molecule has 0 fully saturated rings. The molecule has 80 heavy (non-hydrogen) atoms. The zero-order valence-corrected chi connectivity index (χ0v) is 47.6. The van der Waals surface area contributed by atoms with E-state index in [0.29, 0.717) is 0 Å². The summed E-state index contributed by atoms with van der Waals surface area (Å²) in [5.74, 6) is 0. The van der Waals surface area contributed by atoms with Crippen LogP contribution in [0.25, 0.3) is 101 Å². The Labute approximate surface area is 485 Å². The number of aromatic nitrogens is 3. The molecule has 9 aromatic carbocycles. The minimum Gasteiger partial charge on any atom is -0.304 e. The Bertz CT molecular complexity index is 3890. The standard InChI is InChI=1S/C76H58N3.Ir/c1-52-23-40-74(77-49-52)64-36-34-61(71(46-64)59-17-9-5-10-18-59)28-26-55-43-56(27-29-62-35-37-65(75-41-24-53(2)50-78-75)47-72(62)60-19-11-6-12-20-60)45-67(44-55)68-21-13-14-22-69(68)70-39-38-66(76-42-25-54(3)51-79-76)48-73(70)63-32-30-58(31-33-63)57-15-7-4-8-16-57;/h4-25,30-35,39-51H,26-29H2,1-3H3;/q-3;+3. The van der Waals surface area contributed by atoms with Crippen molar-refractivity contribution in [3.63, 3.8) is 0 Å². The number of hydrogen-bond donors (Lipinski definition) is 0. The SMILES string of the molecule is Cc1ccc(-c2[c-]cc(CCc3cc(CCc4c[c-]c(-c5ccc(C)cn5)cc4-c4ccccc4)cc(-c4ccccc4-c4c[c-]c(-c5ccc(C)cn5)cc4-c4ccc(-c5ccccc5)cc4)c3)c(-c3ccccc3)c2)nc1.[Ir+3].